The van der Waals surface area contributed by atoms with Crippen molar-refractivity contribution >= 4 is 52.0 Å². The van der Waals surface area contributed by atoms with Crippen LogP contribution in [0.4, 0.5) is 5.69 Å². The number of carbonyl (C=O) groups excluding carboxylic acids is 2. The van der Waals surface area contributed by atoms with Gasteiger partial charge in [0.15, 0.2) is 5.01 Å². The molecule has 13 heteroatoms. The van der Waals surface area contributed by atoms with Crippen molar-refractivity contribution in [3.05, 3.63) is 74.3 Å². The number of nitrogens with two attached hydrogens (primary N) is 1. The molecule has 1 aromatic carbocycles. The van der Waals surface area contributed by atoms with Gasteiger partial charge in [0, 0.05) is 59.5 Å². The van der Waals surface area contributed by atoms with Crippen LogP contribution in [0, 0.1) is 0 Å². The normalized spacial score (nSPS) is 14.6. The van der Waals surface area contributed by atoms with E-state index in [1.54, 1.807) is 43.8 Å². The van der Waals surface area contributed by atoms with E-state index >= 15 is 0 Å². The monoisotopic (exact) mass is 625 g/mol. The lowest BCUT2D eigenvalue weighted by molar-refractivity contribution is -0.119. The highest BCUT2D eigenvalue weighted by atomic mass is 35.5. The van der Waals surface area contributed by atoms with Gasteiger partial charge < -0.3 is 26.4 Å². The van der Waals surface area contributed by atoms with Gasteiger partial charge in [-0.2, -0.15) is 0 Å². The van der Waals surface area contributed by atoms with Crippen LogP contribution < -0.4 is 26.4 Å². The topological polar surface area (TPSA) is 144 Å². The predicted octanol–water partition coefficient (Wildman–Crippen LogP) is 4.70. The highest BCUT2D eigenvalue weighted by Gasteiger charge is 2.21. The molecule has 1 aliphatic heterocycles. The third-order valence-electron chi connectivity index (χ3n) is 6.73. The van der Waals surface area contributed by atoms with Crippen LogP contribution >= 0.6 is 34.5 Å². The summed E-state index contributed by atoms with van der Waals surface area (Å²) >= 11 is 14.9. The molecule has 0 bridgehead atoms. The van der Waals surface area contributed by atoms with Crippen molar-refractivity contribution in [2.75, 3.05) is 25.5 Å². The van der Waals surface area contributed by atoms with Gasteiger partial charge in [-0.25, -0.2) is 9.97 Å². The number of halogens is 2. The highest BCUT2D eigenvalue weighted by Crippen LogP contribution is 2.40. The van der Waals surface area contributed by atoms with Crippen molar-refractivity contribution in [1.82, 2.24) is 25.6 Å². The molecule has 3 aromatic heterocycles. The number of nitrogens with zero attached hydrogens (tertiary/aromatic N) is 3. The van der Waals surface area contributed by atoms with Crippen LogP contribution in [0.25, 0.3) is 22.5 Å². The summed E-state index contributed by atoms with van der Waals surface area (Å²) in [6.45, 7) is 1.67. The molecule has 42 heavy (non-hydrogen) atoms. The van der Waals surface area contributed by atoms with Gasteiger partial charge in [0.2, 0.25) is 11.8 Å². The van der Waals surface area contributed by atoms with Crippen LogP contribution in [0.2, 0.25) is 10.0 Å². The second-order valence-corrected chi connectivity index (χ2v) is 11.5. The van der Waals surface area contributed by atoms with E-state index in [-0.39, 0.29) is 17.9 Å². The number of benzene rings is 1. The number of pyridine rings is 2. The Balaban J connectivity index is 1.35. The number of ether oxygens (including phenoxy) is 1. The van der Waals surface area contributed by atoms with E-state index in [0.29, 0.717) is 81.6 Å². The van der Waals surface area contributed by atoms with Crippen molar-refractivity contribution in [2.24, 2.45) is 5.73 Å². The standard InChI is InChI=1S/C29H29Cl2N7O3S/c1-41-28-16(13-33-14-17-6-8-23(39)36-17)5-7-21(38-28)19-10-12-34-26(25(19)31)20-3-2-4-22(24(20)30)37-27(40)29-35-15-18(42-29)9-11-32/h2-5,7,10,12,15,17,33H,6,8-9,11,13-14,32H2,1H3,(H,36,39)(H,37,40)/t17-/m0/s1. The number of aromatic nitrogens is 3. The van der Waals surface area contributed by atoms with E-state index in [0.717, 1.165) is 16.9 Å². The van der Waals surface area contributed by atoms with Crippen molar-refractivity contribution in [1.29, 1.82) is 0 Å². The second kappa shape index (κ2) is 13.6. The molecule has 5 rings (SSSR count). The zero-order chi connectivity index (χ0) is 29.6. The molecule has 1 aliphatic rings. The fraction of sp³-hybridized carbons (Fsp3) is 0.276. The van der Waals surface area contributed by atoms with Gasteiger partial charge in [-0.05, 0) is 37.6 Å². The number of methoxy groups -OCH3 is 1. The van der Waals surface area contributed by atoms with E-state index in [4.69, 9.17) is 38.7 Å². The molecule has 1 atom stereocenters. The molecule has 4 heterocycles. The van der Waals surface area contributed by atoms with Gasteiger partial charge in [0.1, 0.15) is 0 Å². The summed E-state index contributed by atoms with van der Waals surface area (Å²) in [4.78, 5) is 38.6. The van der Waals surface area contributed by atoms with E-state index in [1.807, 2.05) is 12.1 Å². The molecule has 1 fully saturated rings. The Labute approximate surface area is 257 Å². The minimum Gasteiger partial charge on any atom is -0.481 e. The van der Waals surface area contributed by atoms with Crippen LogP contribution in [0.1, 0.15) is 33.1 Å². The number of thiazole rings is 1. The Morgan fingerprint density at radius 3 is 2.79 bits per heavy atom. The number of carbonyl (C=O) groups is 2. The second-order valence-electron chi connectivity index (χ2n) is 9.61. The summed E-state index contributed by atoms with van der Waals surface area (Å²) in [6, 6.07) is 11.0. The third kappa shape index (κ3) is 6.71. The highest BCUT2D eigenvalue weighted by molar-refractivity contribution is 7.13. The van der Waals surface area contributed by atoms with Crippen molar-refractivity contribution in [2.45, 2.75) is 31.8 Å². The maximum absolute atomic E-state index is 12.8. The van der Waals surface area contributed by atoms with E-state index in [1.165, 1.54) is 11.3 Å². The molecule has 4 aromatic rings. The average Bonchev–Trinajstić information content (AvgIpc) is 3.64. The van der Waals surface area contributed by atoms with Crippen LogP contribution in [0.15, 0.2) is 48.8 Å². The summed E-state index contributed by atoms with van der Waals surface area (Å²) in [5.74, 6) is 0.183. The fourth-order valence-electron chi connectivity index (χ4n) is 4.63. The molecule has 0 radical (unpaired) electrons. The van der Waals surface area contributed by atoms with Crippen molar-refractivity contribution < 1.29 is 14.3 Å². The summed E-state index contributed by atoms with van der Waals surface area (Å²) in [6.07, 6.45) is 5.33. The Bertz CT molecular complexity index is 1610. The van der Waals surface area contributed by atoms with Crippen molar-refractivity contribution in [3.8, 4) is 28.4 Å². The predicted molar refractivity (Wildman–Crippen MR) is 165 cm³/mol. The van der Waals surface area contributed by atoms with Gasteiger partial charge in [-0.1, -0.05) is 41.4 Å². The fourth-order valence-corrected chi connectivity index (χ4v) is 6.02. The molecule has 218 valence electrons. The van der Waals surface area contributed by atoms with E-state index in [2.05, 4.69) is 25.9 Å². The Morgan fingerprint density at radius 2 is 2.02 bits per heavy atom. The van der Waals surface area contributed by atoms with Crippen LogP contribution in [-0.4, -0.2) is 53.0 Å². The molecule has 0 unspecified atom stereocenters. The van der Waals surface area contributed by atoms with Gasteiger partial charge >= 0.3 is 0 Å². The maximum atomic E-state index is 12.8. The summed E-state index contributed by atoms with van der Waals surface area (Å²) in [5.41, 5.74) is 9.13. The number of rotatable bonds is 11. The first-order valence-corrected chi connectivity index (χ1v) is 14.9. The first-order valence-electron chi connectivity index (χ1n) is 13.3. The van der Waals surface area contributed by atoms with Gasteiger partial charge in [0.25, 0.3) is 5.91 Å². The molecule has 10 nitrogen and oxygen atoms in total. The molecule has 0 aliphatic carbocycles. The zero-order valence-corrected chi connectivity index (χ0v) is 25.1. The maximum Gasteiger partial charge on any atom is 0.284 e. The third-order valence-corrected chi connectivity index (χ3v) is 8.58. The minimum atomic E-state index is -0.367. The lowest BCUT2D eigenvalue weighted by atomic mass is 10.1. The number of nitrogens with one attached hydrogen (secondary N) is 3. The zero-order valence-electron chi connectivity index (χ0n) is 22.7. The lowest BCUT2D eigenvalue weighted by Gasteiger charge is -2.15. The van der Waals surface area contributed by atoms with Crippen LogP contribution in [0.5, 0.6) is 5.88 Å². The number of hydrogen-bond acceptors (Lipinski definition) is 9. The van der Waals surface area contributed by atoms with Crippen molar-refractivity contribution in [3.63, 3.8) is 0 Å². The van der Waals surface area contributed by atoms with E-state index in [9.17, 15) is 9.59 Å². The SMILES string of the molecule is COc1nc(-c2ccnc(-c3cccc(NC(=O)c4ncc(CCN)s4)c3Cl)c2Cl)ccc1CNC[C@@H]1CCC(=O)N1. The first kappa shape index (κ1) is 29.9. The first-order chi connectivity index (χ1) is 20.4. The molecule has 1 saturated heterocycles. The number of hydrogen-bond donors (Lipinski definition) is 4. The summed E-state index contributed by atoms with van der Waals surface area (Å²) < 4.78 is 5.57. The molecule has 5 N–H and O–H groups in total. The Hall–Kier alpha value is -3.61. The largest absolute Gasteiger partial charge is 0.481 e. The summed E-state index contributed by atoms with van der Waals surface area (Å²) in [5, 5.41) is 10.1. The molecular formula is C29H29Cl2N7O3S. The van der Waals surface area contributed by atoms with Crippen LogP contribution in [0.3, 0.4) is 0 Å². The summed E-state index contributed by atoms with van der Waals surface area (Å²) in [7, 11) is 1.57. The minimum absolute atomic E-state index is 0.0876. The molecule has 0 saturated carbocycles. The van der Waals surface area contributed by atoms with E-state index < -0.39 is 0 Å². The molecule has 2 amide bonds. The van der Waals surface area contributed by atoms with Gasteiger partial charge in [0.05, 0.1) is 34.2 Å². The molecular weight excluding hydrogens is 597 g/mol. The quantitative estimate of drug-likeness (QED) is 0.188. The van der Waals surface area contributed by atoms with Crippen LogP contribution in [-0.2, 0) is 17.8 Å². The average molecular weight is 627 g/mol. The van der Waals surface area contributed by atoms with Gasteiger partial charge in [-0.15, -0.1) is 11.3 Å². The lowest BCUT2D eigenvalue weighted by Crippen LogP contribution is -2.35. The number of anilines is 1. The number of amides is 2. The Morgan fingerprint density at radius 1 is 1.17 bits per heavy atom. The molecule has 0 spiro atoms. The Kier molecular flexibility index (Phi) is 9.65. The smallest absolute Gasteiger partial charge is 0.284 e. The van der Waals surface area contributed by atoms with Gasteiger partial charge in [-0.3, -0.25) is 14.6 Å².